The third-order valence-corrected chi connectivity index (χ3v) is 13.9. The fraction of sp³-hybridized carbons (Fsp3) is 0.711. The summed E-state index contributed by atoms with van der Waals surface area (Å²) in [4.78, 5) is 13.8. The van der Waals surface area contributed by atoms with Crippen molar-refractivity contribution in [1.82, 2.24) is 0 Å². The number of aliphatic hydroxyl groups excluding tert-OH is 2. The number of epoxide rings is 1. The van der Waals surface area contributed by atoms with Crippen molar-refractivity contribution in [2.24, 2.45) is 23.7 Å². The van der Waals surface area contributed by atoms with Crippen LogP contribution in [0, 0.1) is 23.7 Å². The largest absolute Gasteiger partial charge is 0.454 e. The molecule has 51 heavy (non-hydrogen) atoms. The van der Waals surface area contributed by atoms with Crippen LogP contribution in [0.1, 0.15) is 78.2 Å². The number of halogens is 2. The van der Waals surface area contributed by atoms with Gasteiger partial charge in [0.25, 0.3) is 0 Å². The Morgan fingerprint density at radius 2 is 1.59 bits per heavy atom. The van der Waals surface area contributed by atoms with E-state index < -0.39 is 94.8 Å². The summed E-state index contributed by atoms with van der Waals surface area (Å²) in [6.07, 6.45) is -0.457. The summed E-state index contributed by atoms with van der Waals surface area (Å²) in [6, 6.07) is 8.90. The third-order valence-electron chi connectivity index (χ3n) is 13.4. The van der Waals surface area contributed by atoms with E-state index in [9.17, 15) is 30.3 Å². The van der Waals surface area contributed by atoms with Crippen LogP contribution in [0.4, 0.5) is 0 Å². The molecule has 7 fully saturated rings. The van der Waals surface area contributed by atoms with Gasteiger partial charge in [-0.3, -0.25) is 4.79 Å². The Morgan fingerprint density at radius 3 is 2.25 bits per heavy atom. The minimum Gasteiger partial charge on any atom is -0.454 e. The number of aliphatic hydroxyl groups is 5. The van der Waals surface area contributed by atoms with Crippen molar-refractivity contribution in [3.8, 4) is 0 Å². The van der Waals surface area contributed by atoms with E-state index in [1.807, 2.05) is 13.0 Å². The van der Waals surface area contributed by atoms with Gasteiger partial charge in [-0.15, -0.1) is 0 Å². The van der Waals surface area contributed by atoms with Crippen molar-refractivity contribution in [1.29, 1.82) is 0 Å². The average molecular weight is 752 g/mol. The van der Waals surface area contributed by atoms with Crippen molar-refractivity contribution in [2.75, 3.05) is 6.61 Å². The molecule has 8 aliphatic rings. The summed E-state index contributed by atoms with van der Waals surface area (Å²) < 4.78 is 32.7. The summed E-state index contributed by atoms with van der Waals surface area (Å²) >= 11 is 13.0. The van der Waals surface area contributed by atoms with Gasteiger partial charge in [-0.1, -0.05) is 106 Å². The quantitative estimate of drug-likeness (QED) is 0.220. The van der Waals surface area contributed by atoms with Gasteiger partial charge in [0.2, 0.25) is 0 Å². The molecule has 5 saturated heterocycles. The topological polar surface area (TPSA) is 168 Å². The van der Waals surface area contributed by atoms with E-state index in [1.165, 1.54) is 6.08 Å². The molecule has 13 heteroatoms. The van der Waals surface area contributed by atoms with Gasteiger partial charge in [0.05, 0.1) is 24.0 Å². The van der Waals surface area contributed by atoms with Gasteiger partial charge in [0.1, 0.15) is 45.7 Å². The molecule has 5 N–H and O–H groups in total. The first-order valence-corrected chi connectivity index (χ1v) is 19.0. The molecule has 0 aromatic heterocycles. The van der Waals surface area contributed by atoms with Gasteiger partial charge in [-0.25, -0.2) is 0 Å². The molecule has 280 valence electrons. The van der Waals surface area contributed by atoms with Crippen molar-refractivity contribution in [2.45, 2.75) is 137 Å². The normalized spacial score (nSPS) is 52.0. The van der Waals surface area contributed by atoms with E-state index in [0.29, 0.717) is 12.0 Å². The summed E-state index contributed by atoms with van der Waals surface area (Å²) in [5.74, 6) is -5.00. The number of ether oxygens (including phenoxy) is 5. The van der Waals surface area contributed by atoms with Crippen molar-refractivity contribution in [3.63, 3.8) is 0 Å². The molecule has 8 bridgehead atoms. The number of carbonyl (C=O) groups excluding carboxylic acids is 1. The molecule has 0 unspecified atom stereocenters. The number of fused-ring (bicyclic) bond motifs is 1. The fourth-order valence-electron chi connectivity index (χ4n) is 10.8. The zero-order valence-electron chi connectivity index (χ0n) is 29.3. The molecule has 11 nitrogen and oxygen atoms in total. The first kappa shape index (κ1) is 36.4. The highest BCUT2D eigenvalue weighted by atomic mass is 35.5. The zero-order valence-corrected chi connectivity index (χ0v) is 30.8. The minimum absolute atomic E-state index is 0.00686. The molecular formula is C38H48Cl2O11. The number of esters is 1. The van der Waals surface area contributed by atoms with Crippen LogP contribution in [0.15, 0.2) is 52.0 Å². The zero-order chi connectivity index (χ0) is 36.5. The van der Waals surface area contributed by atoms with Crippen LogP contribution in [-0.2, 0) is 34.5 Å². The lowest BCUT2D eigenvalue weighted by Gasteiger charge is -2.73. The van der Waals surface area contributed by atoms with Gasteiger partial charge in [-0.2, -0.15) is 0 Å². The van der Waals surface area contributed by atoms with Crippen molar-refractivity contribution < 1.29 is 54.0 Å². The van der Waals surface area contributed by atoms with E-state index >= 15 is 0 Å². The summed E-state index contributed by atoms with van der Waals surface area (Å²) in [7, 11) is 0. The van der Waals surface area contributed by atoms with Gasteiger partial charge in [0.15, 0.2) is 11.7 Å². The lowest BCUT2D eigenvalue weighted by molar-refractivity contribution is -0.583. The number of hydrogen-bond acceptors (Lipinski definition) is 11. The van der Waals surface area contributed by atoms with Gasteiger partial charge in [-0.05, 0) is 31.8 Å². The Balaban J connectivity index is 1.40. The fourth-order valence-corrected chi connectivity index (χ4v) is 11.1. The Kier molecular flexibility index (Phi) is 8.52. The predicted molar refractivity (Wildman–Crippen MR) is 183 cm³/mol. The second kappa shape index (κ2) is 11.9. The van der Waals surface area contributed by atoms with Gasteiger partial charge in [0, 0.05) is 22.6 Å². The third kappa shape index (κ3) is 4.67. The maximum atomic E-state index is 13.8. The smallest absolute Gasteiger partial charge is 0.313 e. The number of hydrogen-bond donors (Lipinski definition) is 5. The number of benzene rings is 1. The standard InChI is InChI=1S/C38H48Cl2O11/c1-19-12-8-5-6-9-13-20(2)31(42)47-27-23(30(39)40)16-24-35(27,45)32(43)34(18-41)28(48-34)25-29-37(46,33(4,44)17-19)26-21(3)36(24,25)51-38(49-26,50-29)22-14-10-7-11-15-22/h7,10-11,14-16,19-21,25-29,32,41,43-46H,5-6,8-9,12-13,17-18H2,1-4H3/t19-,20+,21+,25-,26-,27-,28-,29+,32+,33-,34-,35+,36-,37-,38-/m0/s1. The molecule has 5 aliphatic heterocycles. The molecule has 15 atom stereocenters. The summed E-state index contributed by atoms with van der Waals surface area (Å²) in [6.45, 7) is 6.45. The van der Waals surface area contributed by atoms with Gasteiger partial charge < -0.3 is 49.2 Å². The predicted octanol–water partition coefficient (Wildman–Crippen LogP) is 3.89. The highest BCUT2D eigenvalue weighted by Crippen LogP contribution is 2.74. The molecule has 1 aromatic rings. The van der Waals surface area contributed by atoms with E-state index in [-0.39, 0.29) is 28.0 Å². The van der Waals surface area contributed by atoms with Crippen molar-refractivity contribution >= 4 is 29.2 Å². The lowest BCUT2D eigenvalue weighted by atomic mass is 9.50. The van der Waals surface area contributed by atoms with Gasteiger partial charge >= 0.3 is 11.9 Å². The highest BCUT2D eigenvalue weighted by Gasteiger charge is 2.90. The maximum Gasteiger partial charge on any atom is 0.313 e. The van der Waals surface area contributed by atoms with Crippen LogP contribution in [0.3, 0.4) is 0 Å². The number of carbonyl (C=O) groups is 1. The van der Waals surface area contributed by atoms with E-state index in [1.54, 1.807) is 45.0 Å². The van der Waals surface area contributed by atoms with E-state index in [2.05, 4.69) is 0 Å². The first-order valence-electron chi connectivity index (χ1n) is 18.3. The molecular weight excluding hydrogens is 703 g/mol. The van der Waals surface area contributed by atoms with Crippen LogP contribution in [0.2, 0.25) is 0 Å². The maximum absolute atomic E-state index is 13.8. The minimum atomic E-state index is -2.48. The van der Waals surface area contributed by atoms with Crippen molar-refractivity contribution in [3.05, 3.63) is 57.6 Å². The first-order chi connectivity index (χ1) is 24.0. The molecule has 9 rings (SSSR count). The number of rotatable bonds is 2. The van der Waals surface area contributed by atoms with E-state index in [0.717, 1.165) is 32.1 Å². The Labute approximate surface area is 307 Å². The molecule has 0 radical (unpaired) electrons. The summed E-state index contributed by atoms with van der Waals surface area (Å²) in [5.41, 5.74) is -9.23. The average Bonchev–Trinajstić information content (AvgIpc) is 3.76. The van der Waals surface area contributed by atoms with Crippen LogP contribution in [0.5, 0.6) is 0 Å². The highest BCUT2D eigenvalue weighted by molar-refractivity contribution is 6.56. The molecule has 1 spiro atoms. The van der Waals surface area contributed by atoms with Crippen LogP contribution in [0.25, 0.3) is 0 Å². The lowest BCUT2D eigenvalue weighted by Crippen LogP contribution is -2.88. The molecule has 2 saturated carbocycles. The molecule has 1 aromatic carbocycles. The molecule has 3 aliphatic carbocycles. The monoisotopic (exact) mass is 750 g/mol. The second-order valence-electron chi connectivity index (χ2n) is 16.5. The Morgan fingerprint density at radius 1 is 0.922 bits per heavy atom. The molecule has 5 heterocycles. The second-order valence-corrected chi connectivity index (χ2v) is 17.4. The summed E-state index contributed by atoms with van der Waals surface area (Å²) in [5, 5.41) is 62.4. The Bertz CT molecular complexity index is 1650. The van der Waals surface area contributed by atoms with Crippen LogP contribution < -0.4 is 0 Å². The SMILES string of the molecule is C[C@H]1CCCCCC[C@@H](C)C(=O)O[C@H]2C(=C(Cl)Cl)C=C3[C@]2(O)[C@H](O)[C@@]2(CO)O[C@H]2[C@H]2[C@H]4O[C@]5(c6ccccc6)O[C@@H]([C@@H](C)[C@]32O5)[C@@]4(O)[C@@](C)(O)C1. The van der Waals surface area contributed by atoms with Crippen LogP contribution >= 0.6 is 23.2 Å². The molecule has 0 amide bonds. The van der Waals surface area contributed by atoms with Crippen LogP contribution in [-0.4, -0.2) is 96.6 Å². The Hall–Kier alpha value is -1.61. The van der Waals surface area contributed by atoms with E-state index in [4.69, 9.17) is 46.9 Å².